The van der Waals surface area contributed by atoms with Gasteiger partial charge in [-0.3, -0.25) is 9.69 Å². The van der Waals surface area contributed by atoms with E-state index in [0.29, 0.717) is 32.0 Å². The summed E-state index contributed by atoms with van der Waals surface area (Å²) in [5.41, 5.74) is 0. The first kappa shape index (κ1) is 16.9. The molecule has 23 heavy (non-hydrogen) atoms. The summed E-state index contributed by atoms with van der Waals surface area (Å²) in [6.07, 6.45) is 1.69. The Morgan fingerprint density at radius 2 is 2.39 bits per heavy atom. The molecule has 2 aliphatic rings. The minimum atomic E-state index is -0.805. The Morgan fingerprint density at radius 1 is 1.57 bits per heavy atom. The number of hydrogen-bond donors (Lipinski definition) is 1. The van der Waals surface area contributed by atoms with Crippen molar-refractivity contribution in [3.05, 3.63) is 22.4 Å². The van der Waals surface area contributed by atoms with Crippen molar-refractivity contribution >= 4 is 17.2 Å². The van der Waals surface area contributed by atoms with E-state index in [1.165, 1.54) is 17.7 Å². The van der Waals surface area contributed by atoms with Crippen molar-refractivity contribution in [2.75, 3.05) is 19.7 Å². The molecule has 1 aromatic rings. The highest BCUT2D eigenvalue weighted by molar-refractivity contribution is 7.09. The molecule has 1 amide bonds. The quantitative estimate of drug-likeness (QED) is 0.791. The minimum Gasteiger partial charge on any atom is -0.368 e. The van der Waals surface area contributed by atoms with Crippen LogP contribution in [0, 0.1) is 5.92 Å². The molecule has 1 aliphatic heterocycles. The highest BCUT2D eigenvalue weighted by atomic mass is 32.1. The highest BCUT2D eigenvalue weighted by Gasteiger charge is 2.32. The van der Waals surface area contributed by atoms with Gasteiger partial charge in [0.25, 0.3) is 0 Å². The largest absolute Gasteiger partial charge is 0.368 e. The van der Waals surface area contributed by atoms with Gasteiger partial charge in [0.15, 0.2) is 0 Å². The second-order valence-electron chi connectivity index (χ2n) is 6.66. The third kappa shape index (κ3) is 4.99. The van der Waals surface area contributed by atoms with Gasteiger partial charge >= 0.3 is 0 Å². The number of nitrogens with zero attached hydrogens (tertiary/aromatic N) is 1. The van der Waals surface area contributed by atoms with Gasteiger partial charge in [0.05, 0.1) is 6.61 Å². The molecule has 1 N–H and O–H groups in total. The molecule has 3 rings (SSSR count). The van der Waals surface area contributed by atoms with Gasteiger partial charge in [0, 0.05) is 30.6 Å². The Balaban J connectivity index is 1.44. The van der Waals surface area contributed by atoms with Gasteiger partial charge in [-0.1, -0.05) is 6.07 Å². The lowest BCUT2D eigenvalue weighted by atomic mass is 10.2. The Labute approximate surface area is 141 Å². The van der Waals surface area contributed by atoms with E-state index in [1.807, 2.05) is 11.4 Å². The Kier molecular flexibility index (Phi) is 5.67. The molecule has 2 heterocycles. The average molecular weight is 340 g/mol. The molecule has 4 nitrogen and oxygen atoms in total. The molecule has 1 aliphatic carbocycles. The summed E-state index contributed by atoms with van der Waals surface area (Å²) in [6.45, 7) is 4.16. The number of amides is 1. The maximum atomic E-state index is 13.8. The van der Waals surface area contributed by atoms with Crippen molar-refractivity contribution in [1.82, 2.24) is 10.2 Å². The third-order valence-electron chi connectivity index (χ3n) is 4.58. The van der Waals surface area contributed by atoms with Crippen LogP contribution in [0.3, 0.4) is 0 Å². The monoisotopic (exact) mass is 340 g/mol. The molecule has 6 heteroatoms. The maximum Gasteiger partial charge on any atom is 0.248 e. The number of carbonyl (C=O) groups is 1. The molecular weight excluding hydrogens is 315 g/mol. The SMILES string of the molecule is CC(OCC1CC1)C(=O)NC[C@@H]1C[C@H](F)CN1Cc1cccs1. The lowest BCUT2D eigenvalue weighted by Gasteiger charge is -2.24. The predicted octanol–water partition coefficient (Wildman–Crippen LogP) is 2.59. The molecule has 0 radical (unpaired) electrons. The second kappa shape index (κ2) is 7.73. The Hall–Kier alpha value is -0.980. The van der Waals surface area contributed by atoms with E-state index in [2.05, 4.69) is 16.3 Å². The van der Waals surface area contributed by atoms with Gasteiger partial charge in [-0.25, -0.2) is 4.39 Å². The van der Waals surface area contributed by atoms with Crippen molar-refractivity contribution in [3.8, 4) is 0 Å². The molecule has 0 aromatic carbocycles. The lowest BCUT2D eigenvalue weighted by Crippen LogP contribution is -2.43. The molecule has 128 valence electrons. The summed E-state index contributed by atoms with van der Waals surface area (Å²) in [4.78, 5) is 15.5. The zero-order chi connectivity index (χ0) is 16.2. The number of halogens is 1. The van der Waals surface area contributed by atoms with Crippen molar-refractivity contribution in [2.45, 2.75) is 51.0 Å². The van der Waals surface area contributed by atoms with E-state index in [0.717, 1.165) is 6.54 Å². The topological polar surface area (TPSA) is 41.6 Å². The van der Waals surface area contributed by atoms with E-state index in [4.69, 9.17) is 4.74 Å². The smallest absolute Gasteiger partial charge is 0.248 e. The molecule has 3 atom stereocenters. The van der Waals surface area contributed by atoms with Crippen molar-refractivity contribution in [1.29, 1.82) is 0 Å². The Morgan fingerprint density at radius 3 is 3.09 bits per heavy atom. The van der Waals surface area contributed by atoms with Crippen LogP contribution in [0.25, 0.3) is 0 Å². The normalized spacial score (nSPS) is 26.3. The summed E-state index contributed by atoms with van der Waals surface area (Å²) >= 11 is 1.69. The van der Waals surface area contributed by atoms with Gasteiger partial charge in [0.2, 0.25) is 5.91 Å². The van der Waals surface area contributed by atoms with E-state index >= 15 is 0 Å². The molecule has 1 unspecified atom stereocenters. The van der Waals surface area contributed by atoms with Crippen molar-refractivity contribution < 1.29 is 13.9 Å². The molecule has 2 fully saturated rings. The summed E-state index contributed by atoms with van der Waals surface area (Å²) in [5.74, 6) is 0.553. The fourth-order valence-electron chi connectivity index (χ4n) is 2.93. The van der Waals surface area contributed by atoms with Crippen LogP contribution in [0.2, 0.25) is 0 Å². The van der Waals surface area contributed by atoms with E-state index in [1.54, 1.807) is 18.3 Å². The van der Waals surface area contributed by atoms with Crippen LogP contribution in [-0.4, -0.2) is 48.8 Å². The number of alkyl halides is 1. The number of ether oxygens (including phenoxy) is 1. The predicted molar refractivity (Wildman–Crippen MR) is 89.2 cm³/mol. The molecule has 0 spiro atoms. The molecule has 0 bridgehead atoms. The lowest BCUT2D eigenvalue weighted by molar-refractivity contribution is -0.132. The summed E-state index contributed by atoms with van der Waals surface area (Å²) in [5, 5.41) is 4.97. The fraction of sp³-hybridized carbons (Fsp3) is 0.706. The summed E-state index contributed by atoms with van der Waals surface area (Å²) in [6, 6.07) is 4.14. The first-order valence-corrected chi connectivity index (χ1v) is 9.29. The minimum absolute atomic E-state index is 0.0617. The van der Waals surface area contributed by atoms with Crippen molar-refractivity contribution in [2.24, 2.45) is 5.92 Å². The van der Waals surface area contributed by atoms with Crippen LogP contribution >= 0.6 is 11.3 Å². The number of carbonyl (C=O) groups excluding carboxylic acids is 1. The first-order chi connectivity index (χ1) is 11.1. The number of likely N-dealkylation sites (tertiary alicyclic amines) is 1. The number of rotatable bonds is 8. The molecule has 1 saturated carbocycles. The highest BCUT2D eigenvalue weighted by Crippen LogP contribution is 2.29. The van der Waals surface area contributed by atoms with Crippen LogP contribution in [0.1, 0.15) is 31.1 Å². The Bertz CT molecular complexity index is 507. The zero-order valence-corrected chi connectivity index (χ0v) is 14.4. The fourth-order valence-corrected chi connectivity index (χ4v) is 3.66. The molecule has 1 saturated heterocycles. The number of thiophene rings is 1. The van der Waals surface area contributed by atoms with Crippen LogP contribution in [0.4, 0.5) is 4.39 Å². The van der Waals surface area contributed by atoms with Gasteiger partial charge in [0.1, 0.15) is 12.3 Å². The van der Waals surface area contributed by atoms with E-state index in [9.17, 15) is 9.18 Å². The third-order valence-corrected chi connectivity index (χ3v) is 5.44. The van der Waals surface area contributed by atoms with Gasteiger partial charge in [-0.05, 0) is 43.6 Å². The first-order valence-electron chi connectivity index (χ1n) is 8.41. The summed E-state index contributed by atoms with van der Waals surface area (Å²) in [7, 11) is 0. The van der Waals surface area contributed by atoms with Crippen LogP contribution in [0.15, 0.2) is 17.5 Å². The van der Waals surface area contributed by atoms with Crippen molar-refractivity contribution in [3.63, 3.8) is 0 Å². The molecule has 1 aromatic heterocycles. The van der Waals surface area contributed by atoms with Crippen LogP contribution in [0.5, 0.6) is 0 Å². The number of hydrogen-bond acceptors (Lipinski definition) is 4. The second-order valence-corrected chi connectivity index (χ2v) is 7.69. The van der Waals surface area contributed by atoms with Crippen LogP contribution < -0.4 is 5.32 Å². The average Bonchev–Trinajstić information content (AvgIpc) is 3.10. The van der Waals surface area contributed by atoms with E-state index < -0.39 is 12.3 Å². The van der Waals surface area contributed by atoms with E-state index in [-0.39, 0.29) is 11.9 Å². The van der Waals surface area contributed by atoms with Gasteiger partial charge in [-0.15, -0.1) is 11.3 Å². The number of nitrogens with one attached hydrogen (secondary N) is 1. The van der Waals surface area contributed by atoms with Crippen LogP contribution in [-0.2, 0) is 16.1 Å². The zero-order valence-electron chi connectivity index (χ0n) is 13.5. The van der Waals surface area contributed by atoms with Gasteiger partial charge in [-0.2, -0.15) is 0 Å². The molecular formula is C17H25FN2O2S. The standard InChI is InChI=1S/C17H25FN2O2S/c1-12(22-11-13-4-5-13)17(21)19-8-15-7-14(18)9-20(15)10-16-3-2-6-23-16/h2-3,6,12-15H,4-5,7-11H2,1H3,(H,19,21)/t12?,14-,15-/m0/s1. The maximum absolute atomic E-state index is 13.8. The summed E-state index contributed by atoms with van der Waals surface area (Å²) < 4.78 is 19.4. The van der Waals surface area contributed by atoms with Gasteiger partial charge < -0.3 is 10.1 Å².